The van der Waals surface area contributed by atoms with Crippen molar-refractivity contribution < 1.29 is 4.79 Å². The highest BCUT2D eigenvalue weighted by Gasteiger charge is 2.05. The first-order valence-corrected chi connectivity index (χ1v) is 7.61. The van der Waals surface area contributed by atoms with Crippen molar-refractivity contribution in [2.75, 3.05) is 0 Å². The molecule has 0 saturated heterocycles. The number of hydrogen-bond donors (Lipinski definition) is 1. The zero-order valence-corrected chi connectivity index (χ0v) is 13.3. The molecule has 1 N–H and O–H groups in total. The summed E-state index contributed by atoms with van der Waals surface area (Å²) in [5.74, 6) is -0.262. The number of hydrogen-bond acceptors (Lipinski definition) is 2. The molecule has 0 unspecified atom stereocenters. The lowest BCUT2D eigenvalue weighted by atomic mass is 10.0. The number of nitrogens with one attached hydrogen (secondary N) is 1. The van der Waals surface area contributed by atoms with E-state index in [1.807, 2.05) is 31.2 Å². The van der Waals surface area contributed by atoms with Gasteiger partial charge in [-0.2, -0.15) is 5.10 Å². The Balaban J connectivity index is 1.78. The summed E-state index contributed by atoms with van der Waals surface area (Å²) >= 11 is 5.81. The van der Waals surface area contributed by atoms with E-state index >= 15 is 0 Å². The fraction of sp³-hybridized carbons (Fsp3) is 0.0526. The van der Waals surface area contributed by atoms with Crippen LogP contribution in [-0.2, 0) is 0 Å². The van der Waals surface area contributed by atoms with Gasteiger partial charge in [-0.3, -0.25) is 4.79 Å². The number of amides is 1. The maximum atomic E-state index is 12.0. The highest BCUT2D eigenvalue weighted by atomic mass is 35.5. The van der Waals surface area contributed by atoms with E-state index in [2.05, 4.69) is 28.7 Å². The number of halogens is 1. The van der Waals surface area contributed by atoms with Crippen molar-refractivity contribution >= 4 is 34.0 Å². The van der Waals surface area contributed by atoms with E-state index < -0.39 is 0 Å². The summed E-state index contributed by atoms with van der Waals surface area (Å²) < 4.78 is 0. The van der Waals surface area contributed by atoms with Crippen LogP contribution in [0.15, 0.2) is 71.8 Å². The minimum Gasteiger partial charge on any atom is -0.267 e. The molecule has 3 nitrogen and oxygen atoms in total. The molecular weight excluding hydrogens is 308 g/mol. The van der Waals surface area contributed by atoms with Crippen LogP contribution in [0.1, 0.15) is 22.8 Å². The second-order valence-electron chi connectivity index (χ2n) is 5.21. The van der Waals surface area contributed by atoms with Crippen LogP contribution in [0.3, 0.4) is 0 Å². The van der Waals surface area contributed by atoms with Gasteiger partial charge in [0.2, 0.25) is 0 Å². The van der Waals surface area contributed by atoms with Crippen molar-refractivity contribution in [2.45, 2.75) is 6.92 Å². The minimum absolute atomic E-state index is 0.262. The second kappa shape index (κ2) is 6.63. The summed E-state index contributed by atoms with van der Waals surface area (Å²) in [6.07, 6.45) is 0. The lowest BCUT2D eigenvalue weighted by molar-refractivity contribution is 0.0955. The van der Waals surface area contributed by atoms with Gasteiger partial charge in [0.25, 0.3) is 5.91 Å². The molecule has 0 aliphatic carbocycles. The maximum Gasteiger partial charge on any atom is 0.271 e. The number of hydrazone groups is 1. The van der Waals surface area contributed by atoms with Gasteiger partial charge in [0, 0.05) is 10.6 Å². The Kier molecular flexibility index (Phi) is 4.40. The molecule has 0 aliphatic rings. The fourth-order valence-electron chi connectivity index (χ4n) is 2.28. The molecule has 3 rings (SSSR count). The van der Waals surface area contributed by atoms with E-state index in [1.165, 1.54) is 5.39 Å². The molecule has 0 fully saturated rings. The lowest BCUT2D eigenvalue weighted by Gasteiger charge is -2.05. The number of carbonyl (C=O) groups is 1. The molecule has 3 aromatic rings. The standard InChI is InChI=1S/C19H15ClN2O/c1-13(16-7-6-14-4-2-3-5-17(14)12-16)21-22-19(23)15-8-10-18(20)11-9-15/h2-12H,1H3,(H,22,23). The van der Waals surface area contributed by atoms with Crippen molar-refractivity contribution in [3.05, 3.63) is 82.9 Å². The highest BCUT2D eigenvalue weighted by molar-refractivity contribution is 6.30. The smallest absolute Gasteiger partial charge is 0.267 e. The van der Waals surface area contributed by atoms with Gasteiger partial charge < -0.3 is 0 Å². The SMILES string of the molecule is CC(=NNC(=O)c1ccc(Cl)cc1)c1ccc2ccccc2c1. The van der Waals surface area contributed by atoms with Crippen molar-refractivity contribution in [2.24, 2.45) is 5.10 Å². The van der Waals surface area contributed by atoms with E-state index in [4.69, 9.17) is 11.6 Å². The number of fused-ring (bicyclic) bond motifs is 1. The largest absolute Gasteiger partial charge is 0.271 e. The van der Waals surface area contributed by atoms with Gasteiger partial charge in [0.1, 0.15) is 0 Å². The molecule has 3 aromatic carbocycles. The number of rotatable bonds is 3. The molecule has 0 atom stereocenters. The fourth-order valence-corrected chi connectivity index (χ4v) is 2.41. The highest BCUT2D eigenvalue weighted by Crippen LogP contribution is 2.16. The quantitative estimate of drug-likeness (QED) is 0.553. The summed E-state index contributed by atoms with van der Waals surface area (Å²) in [6.45, 7) is 1.87. The van der Waals surface area contributed by atoms with Crippen molar-refractivity contribution in [1.29, 1.82) is 0 Å². The van der Waals surface area contributed by atoms with Crippen LogP contribution in [0, 0.1) is 0 Å². The minimum atomic E-state index is -0.262. The monoisotopic (exact) mass is 322 g/mol. The topological polar surface area (TPSA) is 41.5 Å². The molecule has 0 spiro atoms. The van der Waals surface area contributed by atoms with Gasteiger partial charge in [-0.15, -0.1) is 0 Å². The second-order valence-corrected chi connectivity index (χ2v) is 5.64. The predicted molar refractivity (Wildman–Crippen MR) is 95.1 cm³/mol. The molecule has 0 radical (unpaired) electrons. The Bertz CT molecular complexity index is 885. The molecule has 0 aromatic heterocycles. The van der Waals surface area contributed by atoms with Gasteiger partial charge in [-0.05, 0) is 53.6 Å². The maximum absolute atomic E-state index is 12.0. The summed E-state index contributed by atoms with van der Waals surface area (Å²) in [4.78, 5) is 12.0. The van der Waals surface area contributed by atoms with Crippen LogP contribution in [0.2, 0.25) is 5.02 Å². The predicted octanol–water partition coefficient (Wildman–Crippen LogP) is 4.65. The Morgan fingerprint density at radius 3 is 2.30 bits per heavy atom. The van der Waals surface area contributed by atoms with E-state index in [0.29, 0.717) is 10.6 Å². The van der Waals surface area contributed by atoms with Gasteiger partial charge in [0.05, 0.1) is 5.71 Å². The third kappa shape index (κ3) is 3.58. The van der Waals surface area contributed by atoms with Crippen LogP contribution in [0.4, 0.5) is 0 Å². The van der Waals surface area contributed by atoms with Crippen LogP contribution < -0.4 is 5.43 Å². The van der Waals surface area contributed by atoms with Gasteiger partial charge >= 0.3 is 0 Å². The summed E-state index contributed by atoms with van der Waals surface area (Å²) in [5, 5.41) is 7.10. The lowest BCUT2D eigenvalue weighted by Crippen LogP contribution is -2.19. The zero-order valence-electron chi connectivity index (χ0n) is 12.6. The molecule has 23 heavy (non-hydrogen) atoms. The first-order chi connectivity index (χ1) is 11.1. The molecule has 0 heterocycles. The van der Waals surface area contributed by atoms with Gasteiger partial charge in [-0.1, -0.05) is 48.0 Å². The molecule has 0 saturated carbocycles. The van der Waals surface area contributed by atoms with E-state index in [1.54, 1.807) is 24.3 Å². The van der Waals surface area contributed by atoms with Crippen molar-refractivity contribution in [1.82, 2.24) is 5.43 Å². The van der Waals surface area contributed by atoms with Gasteiger partial charge in [-0.25, -0.2) is 5.43 Å². The van der Waals surface area contributed by atoms with Crippen LogP contribution in [-0.4, -0.2) is 11.6 Å². The molecule has 0 aliphatic heterocycles. The van der Waals surface area contributed by atoms with Crippen LogP contribution >= 0.6 is 11.6 Å². The molecule has 1 amide bonds. The Morgan fingerprint density at radius 1 is 0.913 bits per heavy atom. The van der Waals surface area contributed by atoms with Crippen molar-refractivity contribution in [3.8, 4) is 0 Å². The third-order valence-electron chi connectivity index (χ3n) is 3.60. The Labute approximate surface area is 139 Å². The van der Waals surface area contributed by atoms with E-state index in [9.17, 15) is 4.79 Å². The van der Waals surface area contributed by atoms with Crippen molar-refractivity contribution in [3.63, 3.8) is 0 Å². The zero-order chi connectivity index (χ0) is 16.2. The van der Waals surface area contributed by atoms with E-state index in [0.717, 1.165) is 16.7 Å². The van der Waals surface area contributed by atoms with Crippen LogP contribution in [0.25, 0.3) is 10.8 Å². The molecule has 114 valence electrons. The van der Waals surface area contributed by atoms with E-state index in [-0.39, 0.29) is 5.91 Å². The number of nitrogens with zero attached hydrogens (tertiary/aromatic N) is 1. The Hall–Kier alpha value is -2.65. The molecular formula is C19H15ClN2O. The first kappa shape index (κ1) is 15.3. The molecule has 4 heteroatoms. The normalized spacial score (nSPS) is 11.5. The third-order valence-corrected chi connectivity index (χ3v) is 3.85. The van der Waals surface area contributed by atoms with Gasteiger partial charge in [0.15, 0.2) is 0 Å². The number of benzene rings is 3. The molecule has 0 bridgehead atoms. The van der Waals surface area contributed by atoms with Crippen LogP contribution in [0.5, 0.6) is 0 Å². The number of carbonyl (C=O) groups excluding carboxylic acids is 1. The average molecular weight is 323 g/mol. The summed E-state index contributed by atoms with van der Waals surface area (Å²) in [5.41, 5.74) is 4.81. The first-order valence-electron chi connectivity index (χ1n) is 7.23. The average Bonchev–Trinajstić information content (AvgIpc) is 2.59. The Morgan fingerprint density at radius 2 is 1.57 bits per heavy atom. The summed E-state index contributed by atoms with van der Waals surface area (Å²) in [6, 6.07) is 20.9. The summed E-state index contributed by atoms with van der Waals surface area (Å²) in [7, 11) is 0.